The molecule has 0 spiro atoms. The highest BCUT2D eigenvalue weighted by atomic mass is 16.3. The molecule has 2 amide bonds. The Morgan fingerprint density at radius 2 is 2.04 bits per heavy atom. The third kappa shape index (κ3) is 3.53. The fourth-order valence-electron chi connectivity index (χ4n) is 4.54. The molecule has 2 aliphatic heterocycles. The number of carbonyl (C=O) groups is 1. The number of piperidine rings is 1. The molecule has 3 atom stereocenters. The van der Waals surface area contributed by atoms with Gasteiger partial charge in [0.2, 0.25) is 0 Å². The van der Waals surface area contributed by atoms with E-state index in [4.69, 9.17) is 0 Å². The molecule has 3 aliphatic rings. The Morgan fingerprint density at radius 1 is 1.28 bits per heavy atom. The molecule has 1 aromatic carbocycles. The molecular weight excluding hydrogens is 314 g/mol. The molecule has 3 unspecified atom stereocenters. The van der Waals surface area contributed by atoms with Crippen LogP contribution in [0.2, 0.25) is 0 Å². The Hall–Kier alpha value is -1.59. The summed E-state index contributed by atoms with van der Waals surface area (Å²) in [6.07, 6.45) is 5.17. The first-order valence-electron chi connectivity index (χ1n) is 9.64. The van der Waals surface area contributed by atoms with E-state index in [9.17, 15) is 9.90 Å². The van der Waals surface area contributed by atoms with Gasteiger partial charge in [0.25, 0.3) is 0 Å². The summed E-state index contributed by atoms with van der Waals surface area (Å²) < 4.78 is 0. The van der Waals surface area contributed by atoms with E-state index in [0.717, 1.165) is 37.5 Å². The molecule has 5 nitrogen and oxygen atoms in total. The number of hydrogen-bond acceptors (Lipinski definition) is 3. The van der Waals surface area contributed by atoms with Gasteiger partial charge < -0.3 is 15.3 Å². The number of likely N-dealkylation sites (tertiary alicyclic amines) is 2. The summed E-state index contributed by atoms with van der Waals surface area (Å²) in [7, 11) is 0. The highest BCUT2D eigenvalue weighted by Crippen LogP contribution is 2.34. The molecule has 2 N–H and O–H groups in total. The summed E-state index contributed by atoms with van der Waals surface area (Å²) in [6, 6.07) is 11.3. The maximum atomic E-state index is 12.8. The smallest absolute Gasteiger partial charge is 0.317 e. The quantitative estimate of drug-likeness (QED) is 0.885. The van der Waals surface area contributed by atoms with Crippen molar-refractivity contribution in [3.05, 3.63) is 35.9 Å². The topological polar surface area (TPSA) is 55.8 Å². The van der Waals surface area contributed by atoms with Crippen LogP contribution in [0.4, 0.5) is 4.79 Å². The maximum absolute atomic E-state index is 12.8. The van der Waals surface area contributed by atoms with Gasteiger partial charge in [0.15, 0.2) is 0 Å². The number of urea groups is 1. The summed E-state index contributed by atoms with van der Waals surface area (Å²) in [5.74, 6) is 0. The second kappa shape index (κ2) is 6.61. The summed E-state index contributed by atoms with van der Waals surface area (Å²) >= 11 is 0. The molecule has 2 heterocycles. The van der Waals surface area contributed by atoms with Gasteiger partial charge in [0, 0.05) is 31.2 Å². The summed E-state index contributed by atoms with van der Waals surface area (Å²) in [6.45, 7) is 4.32. The molecule has 1 aromatic rings. The lowest BCUT2D eigenvalue weighted by Crippen LogP contribution is -2.53. The van der Waals surface area contributed by atoms with Crippen molar-refractivity contribution in [2.24, 2.45) is 0 Å². The van der Waals surface area contributed by atoms with Crippen LogP contribution in [-0.4, -0.2) is 58.7 Å². The molecule has 5 heteroatoms. The molecule has 136 valence electrons. The van der Waals surface area contributed by atoms with E-state index in [2.05, 4.69) is 17.1 Å². The molecule has 1 aliphatic carbocycles. The predicted molar refractivity (Wildman–Crippen MR) is 97.3 cm³/mol. The van der Waals surface area contributed by atoms with Gasteiger partial charge in [-0.25, -0.2) is 4.79 Å². The van der Waals surface area contributed by atoms with E-state index in [-0.39, 0.29) is 12.1 Å². The second-order valence-electron chi connectivity index (χ2n) is 8.08. The van der Waals surface area contributed by atoms with E-state index in [1.54, 1.807) is 4.90 Å². The predicted octanol–water partition coefficient (Wildman–Crippen LogP) is 2.30. The Labute approximate surface area is 150 Å². The number of carbonyl (C=O) groups excluding carboxylic acids is 1. The SMILES string of the molecule is CC1CC(NC(=O)N2CCCC(O)(c3ccccc3)C2)CN1C1CC1. The number of amides is 2. The average molecular weight is 343 g/mol. The minimum absolute atomic E-state index is 0.0242. The van der Waals surface area contributed by atoms with Crippen molar-refractivity contribution in [3.8, 4) is 0 Å². The molecular formula is C20H29N3O2. The molecule has 2 saturated heterocycles. The Morgan fingerprint density at radius 3 is 2.76 bits per heavy atom. The van der Waals surface area contributed by atoms with Crippen LogP contribution < -0.4 is 5.32 Å². The monoisotopic (exact) mass is 343 g/mol. The van der Waals surface area contributed by atoms with Crippen LogP contribution in [0.5, 0.6) is 0 Å². The highest BCUT2D eigenvalue weighted by Gasteiger charge is 2.41. The Balaban J connectivity index is 1.37. The third-order valence-electron chi connectivity index (χ3n) is 6.04. The van der Waals surface area contributed by atoms with Crippen molar-refractivity contribution in [1.29, 1.82) is 0 Å². The van der Waals surface area contributed by atoms with Crippen molar-refractivity contribution in [2.45, 2.75) is 62.8 Å². The Kier molecular flexibility index (Phi) is 4.46. The standard InChI is InChI=1S/C20H29N3O2/c1-15-12-17(13-23(15)18-8-9-18)21-19(24)22-11-5-10-20(25,14-22)16-6-3-2-4-7-16/h2-4,6-7,15,17-18,25H,5,8-14H2,1H3,(H,21,24). The van der Waals surface area contributed by atoms with Crippen LogP contribution in [-0.2, 0) is 5.60 Å². The van der Waals surface area contributed by atoms with E-state index < -0.39 is 5.60 Å². The number of β-amino-alcohol motifs (C(OH)–C–C–N with tert-alkyl or cyclic N) is 1. The van der Waals surface area contributed by atoms with Gasteiger partial charge in [-0.1, -0.05) is 30.3 Å². The zero-order chi connectivity index (χ0) is 17.4. The fraction of sp³-hybridized carbons (Fsp3) is 0.650. The van der Waals surface area contributed by atoms with Crippen molar-refractivity contribution in [1.82, 2.24) is 15.1 Å². The summed E-state index contributed by atoms with van der Waals surface area (Å²) in [5, 5.41) is 14.3. The minimum atomic E-state index is -0.931. The summed E-state index contributed by atoms with van der Waals surface area (Å²) in [4.78, 5) is 17.1. The maximum Gasteiger partial charge on any atom is 0.317 e. The van der Waals surface area contributed by atoms with Crippen molar-refractivity contribution in [2.75, 3.05) is 19.6 Å². The molecule has 0 bridgehead atoms. The molecule has 0 aromatic heterocycles. The molecule has 0 radical (unpaired) electrons. The number of nitrogens with one attached hydrogen (secondary N) is 1. The minimum Gasteiger partial charge on any atom is -0.383 e. The van der Waals surface area contributed by atoms with Gasteiger partial charge in [-0.15, -0.1) is 0 Å². The van der Waals surface area contributed by atoms with Gasteiger partial charge in [-0.05, 0) is 44.6 Å². The number of nitrogens with zero attached hydrogens (tertiary/aromatic N) is 2. The van der Waals surface area contributed by atoms with E-state index in [0.29, 0.717) is 19.0 Å². The van der Waals surface area contributed by atoms with Gasteiger partial charge in [-0.2, -0.15) is 0 Å². The normalized spacial score (nSPS) is 33.4. The zero-order valence-electron chi connectivity index (χ0n) is 15.0. The molecule has 3 fully saturated rings. The van der Waals surface area contributed by atoms with Crippen molar-refractivity contribution < 1.29 is 9.90 Å². The van der Waals surface area contributed by atoms with E-state index in [1.807, 2.05) is 30.3 Å². The van der Waals surface area contributed by atoms with Crippen LogP contribution in [0.1, 0.15) is 44.6 Å². The van der Waals surface area contributed by atoms with E-state index in [1.165, 1.54) is 12.8 Å². The van der Waals surface area contributed by atoms with Gasteiger partial charge in [-0.3, -0.25) is 4.90 Å². The number of aliphatic hydroxyl groups is 1. The lowest BCUT2D eigenvalue weighted by molar-refractivity contribution is -0.0233. The average Bonchev–Trinajstić information content (AvgIpc) is 3.39. The Bertz CT molecular complexity index is 619. The van der Waals surface area contributed by atoms with Crippen LogP contribution in [0, 0.1) is 0 Å². The molecule has 4 rings (SSSR count). The first kappa shape index (κ1) is 16.9. The highest BCUT2D eigenvalue weighted by molar-refractivity contribution is 5.75. The van der Waals surface area contributed by atoms with Crippen LogP contribution in [0.25, 0.3) is 0 Å². The fourth-order valence-corrected chi connectivity index (χ4v) is 4.54. The first-order valence-corrected chi connectivity index (χ1v) is 9.64. The van der Waals surface area contributed by atoms with Crippen LogP contribution >= 0.6 is 0 Å². The lowest BCUT2D eigenvalue weighted by atomic mass is 9.86. The number of benzene rings is 1. The number of rotatable bonds is 3. The van der Waals surface area contributed by atoms with Crippen LogP contribution in [0.3, 0.4) is 0 Å². The largest absolute Gasteiger partial charge is 0.383 e. The third-order valence-corrected chi connectivity index (χ3v) is 6.04. The first-order chi connectivity index (χ1) is 12.0. The molecule has 1 saturated carbocycles. The van der Waals surface area contributed by atoms with Gasteiger partial charge in [0.1, 0.15) is 5.60 Å². The second-order valence-corrected chi connectivity index (χ2v) is 8.08. The van der Waals surface area contributed by atoms with Crippen LogP contribution in [0.15, 0.2) is 30.3 Å². The summed E-state index contributed by atoms with van der Waals surface area (Å²) in [5.41, 5.74) is -0.0262. The van der Waals surface area contributed by atoms with Gasteiger partial charge >= 0.3 is 6.03 Å². The van der Waals surface area contributed by atoms with Crippen molar-refractivity contribution >= 4 is 6.03 Å². The zero-order valence-corrected chi connectivity index (χ0v) is 15.0. The lowest BCUT2D eigenvalue weighted by Gasteiger charge is -2.39. The number of hydrogen-bond donors (Lipinski definition) is 2. The van der Waals surface area contributed by atoms with Crippen molar-refractivity contribution in [3.63, 3.8) is 0 Å². The van der Waals surface area contributed by atoms with Gasteiger partial charge in [0.05, 0.1) is 6.54 Å². The molecule has 25 heavy (non-hydrogen) atoms. The van der Waals surface area contributed by atoms with E-state index >= 15 is 0 Å².